The SMILES string of the molecule is CCOc1cc(/C=N/NC(=O)c2ccncc2)cc(I)c1OCCOc1ccc(Cl)cc1C. The molecule has 1 N–H and O–H groups in total. The van der Waals surface area contributed by atoms with Crippen LogP contribution in [0.5, 0.6) is 17.2 Å². The Morgan fingerprint density at radius 1 is 1.09 bits per heavy atom. The van der Waals surface area contributed by atoms with Crippen molar-refractivity contribution in [2.24, 2.45) is 5.10 Å². The number of hydrogen-bond acceptors (Lipinski definition) is 6. The lowest BCUT2D eigenvalue weighted by Crippen LogP contribution is -2.17. The van der Waals surface area contributed by atoms with E-state index >= 15 is 0 Å². The number of aryl methyl sites for hydroxylation is 1. The number of amides is 1. The van der Waals surface area contributed by atoms with Crippen LogP contribution in [0.15, 0.2) is 60.0 Å². The number of benzene rings is 2. The van der Waals surface area contributed by atoms with Crippen LogP contribution in [0.25, 0.3) is 0 Å². The van der Waals surface area contributed by atoms with E-state index in [1.54, 1.807) is 36.8 Å². The largest absolute Gasteiger partial charge is 0.490 e. The van der Waals surface area contributed by atoms with Crippen molar-refractivity contribution >= 4 is 46.3 Å². The van der Waals surface area contributed by atoms with E-state index in [1.165, 1.54) is 0 Å². The smallest absolute Gasteiger partial charge is 0.271 e. The van der Waals surface area contributed by atoms with Crippen molar-refractivity contribution in [2.75, 3.05) is 19.8 Å². The second-order valence-electron chi connectivity index (χ2n) is 6.80. The van der Waals surface area contributed by atoms with Gasteiger partial charge in [-0.15, -0.1) is 0 Å². The van der Waals surface area contributed by atoms with E-state index in [1.807, 2.05) is 38.1 Å². The summed E-state index contributed by atoms with van der Waals surface area (Å²) in [5.74, 6) is 1.67. The van der Waals surface area contributed by atoms with Gasteiger partial charge in [0, 0.05) is 23.0 Å². The Hall–Kier alpha value is -2.85. The van der Waals surface area contributed by atoms with E-state index in [0.717, 1.165) is 20.4 Å². The number of carbonyl (C=O) groups is 1. The summed E-state index contributed by atoms with van der Waals surface area (Å²) >= 11 is 8.17. The summed E-state index contributed by atoms with van der Waals surface area (Å²) in [6, 6.07) is 12.4. The Bertz CT molecular complexity index is 1130. The van der Waals surface area contributed by atoms with Crippen LogP contribution in [-0.4, -0.2) is 36.9 Å². The minimum absolute atomic E-state index is 0.316. The Balaban J connectivity index is 1.62. The van der Waals surface area contributed by atoms with Crippen LogP contribution in [0.3, 0.4) is 0 Å². The highest BCUT2D eigenvalue weighted by Gasteiger charge is 2.12. The van der Waals surface area contributed by atoms with Gasteiger partial charge in [-0.25, -0.2) is 5.43 Å². The second kappa shape index (κ2) is 12.4. The number of hydrogen-bond donors (Lipinski definition) is 1. The lowest BCUT2D eigenvalue weighted by Gasteiger charge is -2.15. The number of aromatic nitrogens is 1. The normalized spacial score (nSPS) is 10.8. The molecule has 0 atom stereocenters. The van der Waals surface area contributed by atoms with Crippen molar-refractivity contribution < 1.29 is 19.0 Å². The van der Waals surface area contributed by atoms with Crippen LogP contribution in [-0.2, 0) is 0 Å². The monoisotopic (exact) mass is 579 g/mol. The molecule has 0 fully saturated rings. The van der Waals surface area contributed by atoms with Crippen molar-refractivity contribution in [2.45, 2.75) is 13.8 Å². The van der Waals surface area contributed by atoms with Gasteiger partial charge >= 0.3 is 0 Å². The summed E-state index contributed by atoms with van der Waals surface area (Å²) in [5.41, 5.74) is 4.71. The highest BCUT2D eigenvalue weighted by molar-refractivity contribution is 14.1. The van der Waals surface area contributed by atoms with Crippen molar-refractivity contribution in [1.82, 2.24) is 10.4 Å². The molecule has 0 bridgehead atoms. The zero-order valence-corrected chi connectivity index (χ0v) is 21.1. The van der Waals surface area contributed by atoms with Gasteiger partial charge in [0.1, 0.15) is 19.0 Å². The quantitative estimate of drug-likeness (QED) is 0.153. The standard InChI is InChI=1S/C24H23ClIN3O4/c1-3-31-22-14-17(15-28-29-24(30)18-6-8-27-9-7-18)13-20(26)23(22)33-11-10-32-21-5-4-19(25)12-16(21)2/h4-9,12-15H,3,10-11H2,1-2H3,(H,29,30)/b28-15+. The van der Waals surface area contributed by atoms with Crippen LogP contribution in [0.1, 0.15) is 28.4 Å². The molecule has 0 unspecified atom stereocenters. The Labute approximate surface area is 211 Å². The molecule has 0 spiro atoms. The number of pyridine rings is 1. The third-order valence-electron chi connectivity index (χ3n) is 4.38. The molecular formula is C24H23ClIN3O4. The molecule has 3 rings (SSSR count). The van der Waals surface area contributed by atoms with Crippen molar-refractivity contribution in [3.8, 4) is 17.2 Å². The summed E-state index contributed by atoms with van der Waals surface area (Å²) < 4.78 is 18.4. The third-order valence-corrected chi connectivity index (χ3v) is 5.41. The first-order chi connectivity index (χ1) is 16.0. The Morgan fingerprint density at radius 3 is 2.58 bits per heavy atom. The number of carbonyl (C=O) groups excluding carboxylic acids is 1. The van der Waals surface area contributed by atoms with Gasteiger partial charge in [-0.3, -0.25) is 9.78 Å². The molecule has 0 aliphatic rings. The fourth-order valence-electron chi connectivity index (χ4n) is 2.87. The molecule has 7 nitrogen and oxygen atoms in total. The van der Waals surface area contributed by atoms with E-state index in [9.17, 15) is 4.79 Å². The predicted octanol–water partition coefficient (Wildman–Crippen LogP) is 5.27. The van der Waals surface area contributed by atoms with Crippen LogP contribution >= 0.6 is 34.2 Å². The van der Waals surface area contributed by atoms with Gasteiger partial charge in [0.2, 0.25) is 0 Å². The zero-order valence-electron chi connectivity index (χ0n) is 18.2. The molecule has 33 heavy (non-hydrogen) atoms. The molecule has 9 heteroatoms. The van der Waals surface area contributed by atoms with Crippen LogP contribution in [0.4, 0.5) is 0 Å². The number of hydrazone groups is 1. The summed E-state index contributed by atoms with van der Waals surface area (Å²) in [5, 5.41) is 4.71. The summed E-state index contributed by atoms with van der Waals surface area (Å²) in [6.07, 6.45) is 4.66. The Morgan fingerprint density at radius 2 is 1.85 bits per heavy atom. The molecule has 172 valence electrons. The first-order valence-electron chi connectivity index (χ1n) is 10.2. The topological polar surface area (TPSA) is 82.0 Å². The fourth-order valence-corrected chi connectivity index (χ4v) is 3.88. The van der Waals surface area contributed by atoms with E-state index in [4.69, 9.17) is 25.8 Å². The molecule has 0 saturated heterocycles. The second-order valence-corrected chi connectivity index (χ2v) is 8.40. The maximum absolute atomic E-state index is 12.1. The molecule has 0 radical (unpaired) electrons. The molecule has 0 aliphatic carbocycles. The van der Waals surface area contributed by atoms with Gasteiger partial charge in [-0.2, -0.15) is 5.10 Å². The number of ether oxygens (including phenoxy) is 3. The fraction of sp³-hybridized carbons (Fsp3) is 0.208. The van der Waals surface area contributed by atoms with Crippen molar-refractivity contribution in [3.05, 3.63) is 80.1 Å². The van der Waals surface area contributed by atoms with Gasteiger partial charge < -0.3 is 14.2 Å². The number of halogens is 2. The van der Waals surface area contributed by atoms with Gasteiger partial charge in [0.25, 0.3) is 5.91 Å². The first-order valence-corrected chi connectivity index (χ1v) is 11.6. The molecule has 3 aromatic rings. The molecule has 2 aromatic carbocycles. The Kier molecular flexibility index (Phi) is 9.32. The number of nitrogens with zero attached hydrogens (tertiary/aromatic N) is 2. The number of rotatable bonds is 10. The summed E-state index contributed by atoms with van der Waals surface area (Å²) in [4.78, 5) is 16.0. The summed E-state index contributed by atoms with van der Waals surface area (Å²) in [6.45, 7) is 5.03. The highest BCUT2D eigenvalue weighted by atomic mass is 127. The van der Waals surface area contributed by atoms with Crippen LogP contribution in [0, 0.1) is 10.5 Å². The van der Waals surface area contributed by atoms with E-state index in [2.05, 4.69) is 38.1 Å². The molecule has 1 aromatic heterocycles. The molecule has 0 aliphatic heterocycles. The maximum atomic E-state index is 12.1. The maximum Gasteiger partial charge on any atom is 0.271 e. The average molecular weight is 580 g/mol. The minimum atomic E-state index is -0.316. The van der Waals surface area contributed by atoms with Crippen LogP contribution < -0.4 is 19.6 Å². The lowest BCUT2D eigenvalue weighted by molar-refractivity contribution is 0.0955. The first kappa shape index (κ1) is 24.8. The predicted molar refractivity (Wildman–Crippen MR) is 137 cm³/mol. The summed E-state index contributed by atoms with van der Waals surface area (Å²) in [7, 11) is 0. The molecular weight excluding hydrogens is 557 g/mol. The van der Waals surface area contributed by atoms with Crippen LogP contribution in [0.2, 0.25) is 5.02 Å². The lowest BCUT2D eigenvalue weighted by atomic mass is 10.2. The third kappa shape index (κ3) is 7.33. The van der Waals surface area contributed by atoms with Gasteiger partial charge in [-0.05, 0) is 90.0 Å². The van der Waals surface area contributed by atoms with Gasteiger partial charge in [0.05, 0.1) is 16.4 Å². The zero-order chi connectivity index (χ0) is 23.6. The average Bonchev–Trinajstić information content (AvgIpc) is 2.80. The van der Waals surface area contributed by atoms with E-state index in [0.29, 0.717) is 41.9 Å². The van der Waals surface area contributed by atoms with E-state index < -0.39 is 0 Å². The molecule has 1 amide bonds. The van der Waals surface area contributed by atoms with Gasteiger partial charge in [-0.1, -0.05) is 11.6 Å². The molecule has 0 saturated carbocycles. The number of nitrogens with one attached hydrogen (secondary N) is 1. The highest BCUT2D eigenvalue weighted by Crippen LogP contribution is 2.34. The van der Waals surface area contributed by atoms with Crippen molar-refractivity contribution in [3.63, 3.8) is 0 Å². The van der Waals surface area contributed by atoms with E-state index in [-0.39, 0.29) is 5.91 Å². The minimum Gasteiger partial charge on any atom is -0.490 e. The van der Waals surface area contributed by atoms with Gasteiger partial charge in [0.15, 0.2) is 11.5 Å². The molecule has 1 heterocycles. The van der Waals surface area contributed by atoms with Crippen molar-refractivity contribution in [1.29, 1.82) is 0 Å².